The van der Waals surface area contributed by atoms with Gasteiger partial charge in [-0.3, -0.25) is 0 Å². The van der Waals surface area contributed by atoms with Gasteiger partial charge in [0.15, 0.2) is 0 Å². The van der Waals surface area contributed by atoms with E-state index in [1.807, 2.05) is 0 Å². The van der Waals surface area contributed by atoms with Crippen LogP contribution in [0.5, 0.6) is 11.5 Å². The molecule has 40 heavy (non-hydrogen) atoms. The van der Waals surface area contributed by atoms with Crippen molar-refractivity contribution < 1.29 is 23.8 Å². The maximum atomic E-state index is 12.6. The topological polar surface area (TPSA) is 86.5 Å². The van der Waals surface area contributed by atoms with Gasteiger partial charge in [-0.15, -0.1) is 0 Å². The minimum absolute atomic E-state index is 0.222. The first-order valence-corrected chi connectivity index (χ1v) is 14.3. The second-order valence-corrected chi connectivity index (χ2v) is 9.73. The van der Waals surface area contributed by atoms with Crippen LogP contribution in [0.3, 0.4) is 0 Å². The van der Waals surface area contributed by atoms with E-state index in [-0.39, 0.29) is 16.7 Å². The van der Waals surface area contributed by atoms with Crippen molar-refractivity contribution in [1.82, 2.24) is 0 Å². The van der Waals surface area contributed by atoms with Crippen LogP contribution >= 0.6 is 11.6 Å². The molecule has 0 saturated heterocycles. The lowest BCUT2D eigenvalue weighted by Crippen LogP contribution is -2.08. The quantitative estimate of drug-likeness (QED) is 0.0747. The van der Waals surface area contributed by atoms with Gasteiger partial charge < -0.3 is 14.2 Å². The van der Waals surface area contributed by atoms with Crippen molar-refractivity contribution in [2.75, 3.05) is 13.2 Å². The highest BCUT2D eigenvalue weighted by Crippen LogP contribution is 2.31. The third-order valence-corrected chi connectivity index (χ3v) is 6.43. The predicted octanol–water partition coefficient (Wildman–Crippen LogP) is 9.67. The van der Waals surface area contributed by atoms with Crippen LogP contribution in [0, 0.1) is 0 Å². The molecule has 0 heterocycles. The molecule has 3 aromatic rings. The molecule has 0 amide bonds. The summed E-state index contributed by atoms with van der Waals surface area (Å²) in [5, 5.41) is 8.55. The number of nitrogens with zero attached hydrogens (tertiary/aromatic N) is 2. The van der Waals surface area contributed by atoms with Gasteiger partial charge in [-0.05, 0) is 80.1 Å². The van der Waals surface area contributed by atoms with E-state index in [4.69, 9.17) is 25.8 Å². The third-order valence-electron chi connectivity index (χ3n) is 6.13. The van der Waals surface area contributed by atoms with Crippen molar-refractivity contribution in [3.05, 3.63) is 82.9 Å². The Bertz CT molecular complexity index is 1240. The van der Waals surface area contributed by atoms with E-state index in [0.717, 1.165) is 12.2 Å². The monoisotopic (exact) mass is 564 g/mol. The predicted molar refractivity (Wildman–Crippen MR) is 158 cm³/mol. The van der Waals surface area contributed by atoms with E-state index in [9.17, 15) is 9.59 Å². The molecule has 0 aliphatic carbocycles. The summed E-state index contributed by atoms with van der Waals surface area (Å²) in [6.45, 7) is 4.96. The first-order valence-electron chi connectivity index (χ1n) is 13.9. The number of esters is 2. The largest absolute Gasteiger partial charge is 0.494 e. The molecule has 0 aromatic heterocycles. The van der Waals surface area contributed by atoms with Crippen molar-refractivity contribution in [2.45, 2.75) is 65.2 Å². The number of hydrogen-bond donors (Lipinski definition) is 0. The molecule has 8 heteroatoms. The Balaban J connectivity index is 1.44. The minimum atomic E-state index is -0.521. The van der Waals surface area contributed by atoms with Gasteiger partial charge in [-0.1, -0.05) is 63.5 Å². The van der Waals surface area contributed by atoms with Gasteiger partial charge >= 0.3 is 11.9 Å². The van der Waals surface area contributed by atoms with E-state index in [1.54, 1.807) is 73.7 Å². The zero-order valence-electron chi connectivity index (χ0n) is 23.2. The highest BCUT2D eigenvalue weighted by Gasteiger charge is 2.12. The summed E-state index contributed by atoms with van der Waals surface area (Å²) in [4.78, 5) is 24.4. The third kappa shape index (κ3) is 10.5. The molecule has 0 aliphatic rings. The Kier molecular flexibility index (Phi) is 13.2. The molecule has 0 fully saturated rings. The molecule has 3 aromatic carbocycles. The van der Waals surface area contributed by atoms with E-state index in [0.29, 0.717) is 35.7 Å². The summed E-state index contributed by atoms with van der Waals surface area (Å²) in [5.41, 5.74) is 1.88. The summed E-state index contributed by atoms with van der Waals surface area (Å²) in [5.74, 6) is 0.0380. The Morgan fingerprint density at radius 1 is 0.700 bits per heavy atom. The van der Waals surface area contributed by atoms with E-state index >= 15 is 0 Å². The number of rotatable bonds is 16. The summed E-state index contributed by atoms with van der Waals surface area (Å²) in [7, 11) is 0. The van der Waals surface area contributed by atoms with Crippen molar-refractivity contribution in [3.8, 4) is 11.5 Å². The Morgan fingerprint density at radius 2 is 1.27 bits per heavy atom. The zero-order chi connectivity index (χ0) is 28.6. The smallest absolute Gasteiger partial charge is 0.343 e. The molecule has 3 rings (SSSR count). The highest BCUT2D eigenvalue weighted by molar-refractivity contribution is 6.32. The lowest BCUT2D eigenvalue weighted by atomic mass is 10.1. The second-order valence-electron chi connectivity index (χ2n) is 9.32. The lowest BCUT2D eigenvalue weighted by Gasteiger charge is -2.09. The van der Waals surface area contributed by atoms with Gasteiger partial charge in [0.1, 0.15) is 11.5 Å². The fraction of sp³-hybridized carbons (Fsp3) is 0.375. The maximum Gasteiger partial charge on any atom is 0.343 e. The molecule has 0 saturated carbocycles. The average molecular weight is 565 g/mol. The lowest BCUT2D eigenvalue weighted by molar-refractivity contribution is 0.0526. The summed E-state index contributed by atoms with van der Waals surface area (Å²) < 4.78 is 16.3. The van der Waals surface area contributed by atoms with Gasteiger partial charge in [0.25, 0.3) is 0 Å². The van der Waals surface area contributed by atoms with Crippen molar-refractivity contribution in [3.63, 3.8) is 0 Å². The number of unbranched alkanes of at least 4 members (excludes halogenated alkanes) is 7. The molecule has 0 N–H and O–H groups in total. The van der Waals surface area contributed by atoms with Gasteiger partial charge in [0, 0.05) is 0 Å². The van der Waals surface area contributed by atoms with Gasteiger partial charge in [0.2, 0.25) is 0 Å². The molecule has 7 nitrogen and oxygen atoms in total. The Hall–Kier alpha value is -3.71. The number of carbonyl (C=O) groups is 2. The van der Waals surface area contributed by atoms with Gasteiger partial charge in [-0.25, -0.2) is 9.59 Å². The van der Waals surface area contributed by atoms with E-state index < -0.39 is 5.97 Å². The highest BCUT2D eigenvalue weighted by atomic mass is 35.5. The summed E-state index contributed by atoms with van der Waals surface area (Å²) >= 11 is 6.33. The van der Waals surface area contributed by atoms with E-state index in [2.05, 4.69) is 17.2 Å². The fourth-order valence-electron chi connectivity index (χ4n) is 3.90. The number of azo groups is 1. The molecule has 0 atom stereocenters. The number of hydrogen-bond acceptors (Lipinski definition) is 7. The van der Waals surface area contributed by atoms with Gasteiger partial charge in [-0.2, -0.15) is 10.2 Å². The maximum absolute atomic E-state index is 12.6. The zero-order valence-corrected chi connectivity index (χ0v) is 24.0. The van der Waals surface area contributed by atoms with Crippen molar-refractivity contribution in [1.29, 1.82) is 0 Å². The SMILES string of the molecule is CCCCCCCCCCOc1ccc(C(=O)Oc2ccc(N=Nc3ccc(C(=O)OCC)cc3)cc2Cl)cc1. The molecule has 0 spiro atoms. The average Bonchev–Trinajstić information content (AvgIpc) is 2.97. The molecular weight excluding hydrogens is 528 g/mol. The van der Waals surface area contributed by atoms with Crippen LogP contribution in [0.2, 0.25) is 5.02 Å². The van der Waals surface area contributed by atoms with Crippen LogP contribution in [0.25, 0.3) is 0 Å². The number of benzene rings is 3. The Labute approximate surface area is 241 Å². The molecule has 212 valence electrons. The second kappa shape index (κ2) is 17.1. The van der Waals surface area contributed by atoms with Crippen LogP contribution in [0.15, 0.2) is 77.0 Å². The number of ether oxygens (including phenoxy) is 3. The Morgan fingerprint density at radius 3 is 1.93 bits per heavy atom. The molecule has 0 radical (unpaired) electrons. The number of carbonyl (C=O) groups excluding carboxylic acids is 2. The summed E-state index contributed by atoms with van der Waals surface area (Å²) in [6.07, 6.45) is 9.99. The normalized spacial score (nSPS) is 11.0. The summed E-state index contributed by atoms with van der Waals surface area (Å²) in [6, 6.07) is 18.2. The first kappa shape index (κ1) is 30.8. The van der Waals surface area contributed by atoms with Crippen molar-refractivity contribution in [2.24, 2.45) is 10.2 Å². The van der Waals surface area contributed by atoms with Crippen LogP contribution in [0.1, 0.15) is 85.9 Å². The molecular formula is C32H37ClN2O5. The molecule has 0 aliphatic heterocycles. The van der Waals surface area contributed by atoms with Gasteiger partial charge in [0.05, 0.1) is 40.7 Å². The minimum Gasteiger partial charge on any atom is -0.494 e. The van der Waals surface area contributed by atoms with Crippen LogP contribution < -0.4 is 9.47 Å². The van der Waals surface area contributed by atoms with Crippen LogP contribution in [-0.4, -0.2) is 25.2 Å². The fourth-order valence-corrected chi connectivity index (χ4v) is 4.11. The molecule has 0 unspecified atom stereocenters. The standard InChI is InChI=1S/C32H37ClN2O5/c1-3-5-6-7-8-9-10-11-22-39-28-19-14-25(15-20-28)32(37)40-30-21-18-27(23-29(30)33)35-34-26-16-12-24(13-17-26)31(36)38-4-2/h12-21,23H,3-11,22H2,1-2H3. The van der Waals surface area contributed by atoms with Crippen molar-refractivity contribution >= 4 is 34.9 Å². The van der Waals surface area contributed by atoms with Crippen LogP contribution in [0.4, 0.5) is 11.4 Å². The first-order chi connectivity index (χ1) is 19.5. The van der Waals surface area contributed by atoms with Crippen LogP contribution in [-0.2, 0) is 4.74 Å². The number of halogens is 1. The molecule has 0 bridgehead atoms. The van der Waals surface area contributed by atoms with E-state index in [1.165, 1.54) is 44.9 Å².